The summed E-state index contributed by atoms with van der Waals surface area (Å²) < 4.78 is 0. The van der Waals surface area contributed by atoms with Crippen molar-refractivity contribution in [2.24, 2.45) is 5.92 Å². The second kappa shape index (κ2) is 3.38. The van der Waals surface area contributed by atoms with Crippen molar-refractivity contribution in [3.63, 3.8) is 0 Å². The highest BCUT2D eigenvalue weighted by atomic mass is 16.4. The van der Waals surface area contributed by atoms with Gasteiger partial charge in [-0.05, 0) is 12.5 Å². The fourth-order valence-corrected chi connectivity index (χ4v) is 1.29. The first-order chi connectivity index (χ1) is 5.65. The van der Waals surface area contributed by atoms with Gasteiger partial charge in [0.1, 0.15) is 0 Å². The molecule has 1 saturated heterocycles. The van der Waals surface area contributed by atoms with Crippen LogP contribution >= 0.6 is 0 Å². The fraction of sp³-hybridized carbons (Fsp3) is 0.500. The molecule has 4 nitrogen and oxygen atoms in total. The van der Waals surface area contributed by atoms with Crippen LogP contribution in [0, 0.1) is 5.92 Å². The number of hydrogen-bond donors (Lipinski definition) is 1. The van der Waals surface area contributed by atoms with Crippen LogP contribution in [-0.4, -0.2) is 35.0 Å². The SMILES string of the molecule is C=CC(=O)N1CC[C@@H](C(=O)O)C1. The second-order valence-corrected chi connectivity index (χ2v) is 2.81. The molecule has 0 radical (unpaired) electrons. The van der Waals surface area contributed by atoms with Crippen molar-refractivity contribution in [3.05, 3.63) is 12.7 Å². The third-order valence-electron chi connectivity index (χ3n) is 2.02. The van der Waals surface area contributed by atoms with Gasteiger partial charge < -0.3 is 10.0 Å². The van der Waals surface area contributed by atoms with E-state index in [0.29, 0.717) is 19.5 Å². The number of nitrogens with zero attached hydrogens (tertiary/aromatic N) is 1. The minimum atomic E-state index is -0.825. The average molecular weight is 169 g/mol. The lowest BCUT2D eigenvalue weighted by molar-refractivity contribution is -0.141. The predicted molar refractivity (Wildman–Crippen MR) is 42.5 cm³/mol. The van der Waals surface area contributed by atoms with Gasteiger partial charge in [0.25, 0.3) is 0 Å². The topological polar surface area (TPSA) is 57.6 Å². The molecule has 1 atom stereocenters. The molecule has 1 aliphatic rings. The Morgan fingerprint density at radius 3 is 2.67 bits per heavy atom. The summed E-state index contributed by atoms with van der Waals surface area (Å²) in [7, 11) is 0. The summed E-state index contributed by atoms with van der Waals surface area (Å²) >= 11 is 0. The summed E-state index contributed by atoms with van der Waals surface area (Å²) in [6.07, 6.45) is 1.76. The molecule has 0 spiro atoms. The van der Waals surface area contributed by atoms with Crippen molar-refractivity contribution < 1.29 is 14.7 Å². The first kappa shape index (κ1) is 8.77. The van der Waals surface area contributed by atoms with Gasteiger partial charge in [-0.1, -0.05) is 6.58 Å². The van der Waals surface area contributed by atoms with Gasteiger partial charge in [0, 0.05) is 13.1 Å². The first-order valence-corrected chi connectivity index (χ1v) is 3.79. The molecule has 1 heterocycles. The van der Waals surface area contributed by atoms with Crippen LogP contribution in [0.1, 0.15) is 6.42 Å². The Morgan fingerprint density at radius 1 is 1.58 bits per heavy atom. The van der Waals surface area contributed by atoms with E-state index in [0.717, 1.165) is 0 Å². The maximum atomic E-state index is 11.0. The van der Waals surface area contributed by atoms with Crippen LogP contribution < -0.4 is 0 Å². The number of carbonyl (C=O) groups excluding carboxylic acids is 1. The van der Waals surface area contributed by atoms with E-state index >= 15 is 0 Å². The van der Waals surface area contributed by atoms with Crippen LogP contribution in [0.25, 0.3) is 0 Å². The first-order valence-electron chi connectivity index (χ1n) is 3.79. The van der Waals surface area contributed by atoms with Crippen LogP contribution in [-0.2, 0) is 9.59 Å². The lowest BCUT2D eigenvalue weighted by Gasteiger charge is -2.12. The summed E-state index contributed by atoms with van der Waals surface area (Å²) in [6.45, 7) is 4.19. The van der Waals surface area contributed by atoms with Crippen LogP contribution in [0.2, 0.25) is 0 Å². The molecule has 0 saturated carbocycles. The Kier molecular flexibility index (Phi) is 2.47. The van der Waals surface area contributed by atoms with Crippen LogP contribution in [0.5, 0.6) is 0 Å². The molecule has 1 fully saturated rings. The Bertz CT molecular complexity index is 224. The third-order valence-corrected chi connectivity index (χ3v) is 2.02. The van der Waals surface area contributed by atoms with Gasteiger partial charge in [-0.15, -0.1) is 0 Å². The van der Waals surface area contributed by atoms with Gasteiger partial charge in [0.05, 0.1) is 5.92 Å². The highest BCUT2D eigenvalue weighted by Crippen LogP contribution is 2.16. The molecule has 12 heavy (non-hydrogen) atoms. The van der Waals surface area contributed by atoms with E-state index in [1.54, 1.807) is 0 Å². The molecule has 0 aromatic heterocycles. The summed E-state index contributed by atoms with van der Waals surface area (Å²) in [5.74, 6) is -1.40. The van der Waals surface area contributed by atoms with Gasteiger partial charge in [-0.2, -0.15) is 0 Å². The van der Waals surface area contributed by atoms with Crippen LogP contribution in [0.3, 0.4) is 0 Å². The fourth-order valence-electron chi connectivity index (χ4n) is 1.29. The van der Waals surface area contributed by atoms with Crippen molar-refractivity contribution >= 4 is 11.9 Å². The van der Waals surface area contributed by atoms with Crippen LogP contribution in [0.15, 0.2) is 12.7 Å². The third kappa shape index (κ3) is 1.64. The van der Waals surface area contributed by atoms with Gasteiger partial charge in [-0.3, -0.25) is 9.59 Å². The number of carbonyl (C=O) groups is 2. The summed E-state index contributed by atoms with van der Waals surface area (Å²) in [4.78, 5) is 23.0. The minimum Gasteiger partial charge on any atom is -0.481 e. The zero-order valence-electron chi connectivity index (χ0n) is 6.69. The second-order valence-electron chi connectivity index (χ2n) is 2.81. The quantitative estimate of drug-likeness (QED) is 0.597. The zero-order chi connectivity index (χ0) is 9.14. The Hall–Kier alpha value is -1.32. The summed E-state index contributed by atoms with van der Waals surface area (Å²) in [6, 6.07) is 0. The van der Waals surface area contributed by atoms with Crippen molar-refractivity contribution in [3.8, 4) is 0 Å². The van der Waals surface area contributed by atoms with E-state index < -0.39 is 11.9 Å². The van der Waals surface area contributed by atoms with E-state index in [1.165, 1.54) is 11.0 Å². The van der Waals surface area contributed by atoms with Crippen molar-refractivity contribution in [1.82, 2.24) is 4.90 Å². The molecule has 1 aliphatic heterocycles. The Morgan fingerprint density at radius 2 is 2.25 bits per heavy atom. The smallest absolute Gasteiger partial charge is 0.308 e. The Labute approximate surface area is 70.5 Å². The molecule has 1 rings (SSSR count). The molecule has 0 aromatic carbocycles. The summed E-state index contributed by atoms with van der Waals surface area (Å²) in [5, 5.41) is 8.62. The maximum absolute atomic E-state index is 11.0. The van der Waals surface area contributed by atoms with Crippen LogP contribution in [0.4, 0.5) is 0 Å². The highest BCUT2D eigenvalue weighted by molar-refractivity contribution is 5.87. The van der Waals surface area contributed by atoms with Gasteiger partial charge in [-0.25, -0.2) is 0 Å². The number of aliphatic carboxylic acids is 1. The van der Waals surface area contributed by atoms with Crippen molar-refractivity contribution in [1.29, 1.82) is 0 Å². The normalized spacial score (nSPS) is 22.3. The van der Waals surface area contributed by atoms with E-state index in [9.17, 15) is 9.59 Å². The predicted octanol–water partition coefficient (Wildman–Crippen LogP) is 0.106. The van der Waals surface area contributed by atoms with Gasteiger partial charge in [0.2, 0.25) is 5.91 Å². The zero-order valence-corrected chi connectivity index (χ0v) is 6.69. The van der Waals surface area contributed by atoms with Gasteiger partial charge in [0.15, 0.2) is 0 Å². The average Bonchev–Trinajstić information content (AvgIpc) is 2.51. The number of hydrogen-bond acceptors (Lipinski definition) is 2. The van der Waals surface area contributed by atoms with E-state index in [1.807, 2.05) is 0 Å². The number of carboxylic acid groups (broad SMARTS) is 1. The molecule has 1 N–H and O–H groups in total. The van der Waals surface area contributed by atoms with E-state index in [-0.39, 0.29) is 5.91 Å². The molecule has 0 unspecified atom stereocenters. The van der Waals surface area contributed by atoms with Crippen molar-refractivity contribution in [2.45, 2.75) is 6.42 Å². The lowest BCUT2D eigenvalue weighted by atomic mass is 10.1. The molecule has 4 heteroatoms. The number of amides is 1. The number of rotatable bonds is 2. The molecule has 66 valence electrons. The molecule has 1 amide bonds. The number of carboxylic acids is 1. The molecule has 0 aromatic rings. The minimum absolute atomic E-state index is 0.182. The lowest BCUT2D eigenvalue weighted by Crippen LogP contribution is -2.28. The van der Waals surface area contributed by atoms with E-state index in [2.05, 4.69) is 6.58 Å². The van der Waals surface area contributed by atoms with E-state index in [4.69, 9.17) is 5.11 Å². The monoisotopic (exact) mass is 169 g/mol. The maximum Gasteiger partial charge on any atom is 0.308 e. The molecular formula is C8H11NO3. The highest BCUT2D eigenvalue weighted by Gasteiger charge is 2.29. The largest absolute Gasteiger partial charge is 0.481 e. The van der Waals surface area contributed by atoms with Gasteiger partial charge >= 0.3 is 5.97 Å². The molecule has 0 aliphatic carbocycles. The standard InChI is InChI=1S/C8H11NO3/c1-2-7(10)9-4-3-6(5-9)8(11)12/h2,6H,1,3-5H2,(H,11,12)/t6-/m1/s1. The molecular weight excluding hydrogens is 158 g/mol. The van der Waals surface area contributed by atoms with Crippen molar-refractivity contribution in [2.75, 3.05) is 13.1 Å². The number of likely N-dealkylation sites (tertiary alicyclic amines) is 1. The summed E-state index contributed by atoms with van der Waals surface area (Å²) in [5.41, 5.74) is 0. The molecule has 0 bridgehead atoms. The Balaban J connectivity index is 2.50.